The van der Waals surface area contributed by atoms with Gasteiger partial charge in [0.15, 0.2) is 5.75 Å². The van der Waals surface area contributed by atoms with E-state index in [1.54, 1.807) is 13.3 Å². The van der Waals surface area contributed by atoms with Crippen LogP contribution >= 0.6 is 0 Å². The average molecular weight is 235 g/mol. The van der Waals surface area contributed by atoms with Crippen LogP contribution < -0.4 is 4.74 Å². The number of hydrogen-bond donors (Lipinski definition) is 0. The standard InChI is InChI=1S/C15H11N2O/c1-18-14-10-17-12-7-3-2-6-11(12)15(14)13-8-4-5-9-16-13/h2-9H,1H3. The summed E-state index contributed by atoms with van der Waals surface area (Å²) in [6.07, 6.45) is 4.68. The van der Waals surface area contributed by atoms with E-state index < -0.39 is 0 Å². The SMILES string of the molecule is COc1[c]nc2ccccc2c1-c1ccccn1. The number of benzene rings is 1. The molecule has 0 atom stereocenters. The Labute approximate surface area is 105 Å². The molecular weight excluding hydrogens is 224 g/mol. The van der Waals surface area contributed by atoms with Gasteiger partial charge >= 0.3 is 0 Å². The molecule has 0 saturated carbocycles. The maximum Gasteiger partial charge on any atom is 0.156 e. The van der Waals surface area contributed by atoms with E-state index in [0.29, 0.717) is 5.75 Å². The molecule has 1 radical (unpaired) electrons. The van der Waals surface area contributed by atoms with Gasteiger partial charge in [-0.25, -0.2) is 4.98 Å². The molecule has 3 nitrogen and oxygen atoms in total. The molecule has 0 spiro atoms. The lowest BCUT2D eigenvalue weighted by atomic mass is 10.0. The zero-order valence-corrected chi connectivity index (χ0v) is 9.92. The van der Waals surface area contributed by atoms with Crippen molar-refractivity contribution < 1.29 is 4.74 Å². The molecule has 3 heteroatoms. The van der Waals surface area contributed by atoms with Gasteiger partial charge in [-0.3, -0.25) is 4.98 Å². The number of ether oxygens (including phenoxy) is 1. The Bertz CT molecular complexity index is 680. The second kappa shape index (κ2) is 4.45. The maximum atomic E-state index is 5.35. The lowest BCUT2D eigenvalue weighted by Gasteiger charge is -2.10. The number of methoxy groups -OCH3 is 1. The lowest BCUT2D eigenvalue weighted by Crippen LogP contribution is -1.93. The molecule has 0 bridgehead atoms. The Kier molecular flexibility index (Phi) is 2.65. The molecule has 0 aliphatic heterocycles. The molecule has 0 aliphatic rings. The summed E-state index contributed by atoms with van der Waals surface area (Å²) in [6.45, 7) is 0. The minimum Gasteiger partial charge on any atom is -0.494 e. The monoisotopic (exact) mass is 235 g/mol. The summed E-state index contributed by atoms with van der Waals surface area (Å²) < 4.78 is 5.35. The first-order valence-electron chi connectivity index (χ1n) is 5.66. The van der Waals surface area contributed by atoms with Crippen LogP contribution in [0.5, 0.6) is 5.75 Å². The van der Waals surface area contributed by atoms with E-state index in [0.717, 1.165) is 22.2 Å². The highest BCUT2D eigenvalue weighted by atomic mass is 16.5. The van der Waals surface area contributed by atoms with Gasteiger partial charge in [0.2, 0.25) is 0 Å². The quantitative estimate of drug-likeness (QED) is 0.684. The lowest BCUT2D eigenvalue weighted by molar-refractivity contribution is 0.414. The fourth-order valence-electron chi connectivity index (χ4n) is 1.98. The third-order valence-corrected chi connectivity index (χ3v) is 2.80. The Balaban J connectivity index is 2.38. The van der Waals surface area contributed by atoms with Gasteiger partial charge in [0, 0.05) is 11.6 Å². The summed E-state index contributed by atoms with van der Waals surface area (Å²) in [5.74, 6) is 0.618. The van der Waals surface area contributed by atoms with Crippen LogP contribution in [-0.4, -0.2) is 17.1 Å². The minimum absolute atomic E-state index is 0.618. The highest BCUT2D eigenvalue weighted by Crippen LogP contribution is 2.33. The molecule has 0 saturated heterocycles. The van der Waals surface area contributed by atoms with Gasteiger partial charge in [-0.15, -0.1) is 0 Å². The van der Waals surface area contributed by atoms with E-state index in [1.165, 1.54) is 0 Å². The van der Waals surface area contributed by atoms with Crippen molar-refractivity contribution >= 4 is 10.9 Å². The van der Waals surface area contributed by atoms with Crippen LogP contribution in [0.25, 0.3) is 22.2 Å². The van der Waals surface area contributed by atoms with Crippen LogP contribution in [0.1, 0.15) is 0 Å². The topological polar surface area (TPSA) is 35.0 Å². The fraction of sp³-hybridized carbons (Fsp3) is 0.0667. The van der Waals surface area contributed by atoms with Gasteiger partial charge in [-0.2, -0.15) is 0 Å². The van der Waals surface area contributed by atoms with Crippen LogP contribution in [-0.2, 0) is 0 Å². The normalized spacial score (nSPS) is 10.5. The summed E-state index contributed by atoms with van der Waals surface area (Å²) in [6, 6.07) is 13.7. The van der Waals surface area contributed by atoms with Crippen molar-refractivity contribution in [3.63, 3.8) is 0 Å². The number of pyridine rings is 2. The number of aromatic nitrogens is 2. The third-order valence-electron chi connectivity index (χ3n) is 2.80. The van der Waals surface area contributed by atoms with E-state index in [1.807, 2.05) is 42.5 Å². The molecular formula is C15H11N2O. The predicted molar refractivity (Wildman–Crippen MR) is 70.4 cm³/mol. The molecule has 1 aromatic carbocycles. The van der Waals surface area contributed by atoms with E-state index in [4.69, 9.17) is 4.74 Å². The second-order valence-electron chi connectivity index (χ2n) is 3.86. The largest absolute Gasteiger partial charge is 0.494 e. The second-order valence-corrected chi connectivity index (χ2v) is 3.86. The van der Waals surface area contributed by atoms with Crippen molar-refractivity contribution in [2.45, 2.75) is 0 Å². The highest BCUT2D eigenvalue weighted by molar-refractivity contribution is 5.96. The van der Waals surface area contributed by atoms with Gasteiger partial charge in [0.25, 0.3) is 0 Å². The zero-order valence-electron chi connectivity index (χ0n) is 9.92. The van der Waals surface area contributed by atoms with Gasteiger partial charge < -0.3 is 4.74 Å². The third kappa shape index (κ3) is 1.70. The summed E-state index contributed by atoms with van der Waals surface area (Å²) in [5.41, 5.74) is 2.69. The molecule has 3 aromatic rings. The van der Waals surface area contributed by atoms with E-state index in [-0.39, 0.29) is 0 Å². The first kappa shape index (κ1) is 10.7. The van der Waals surface area contributed by atoms with Crippen molar-refractivity contribution in [2.24, 2.45) is 0 Å². The van der Waals surface area contributed by atoms with Crippen molar-refractivity contribution in [1.29, 1.82) is 0 Å². The number of nitrogens with zero attached hydrogens (tertiary/aromatic N) is 2. The van der Waals surface area contributed by atoms with Crippen molar-refractivity contribution in [3.05, 3.63) is 54.9 Å². The van der Waals surface area contributed by atoms with Crippen LogP contribution in [0, 0.1) is 6.20 Å². The molecule has 3 rings (SSSR count). The summed E-state index contributed by atoms with van der Waals surface area (Å²) in [7, 11) is 1.62. The number of hydrogen-bond acceptors (Lipinski definition) is 3. The predicted octanol–water partition coefficient (Wildman–Crippen LogP) is 3.11. The van der Waals surface area contributed by atoms with Crippen LogP contribution in [0.15, 0.2) is 48.7 Å². The summed E-state index contributed by atoms with van der Waals surface area (Å²) in [5, 5.41) is 1.02. The molecule has 2 heterocycles. The summed E-state index contributed by atoms with van der Waals surface area (Å²) in [4.78, 5) is 8.64. The molecule has 2 aromatic heterocycles. The van der Waals surface area contributed by atoms with Gasteiger partial charge in [-0.1, -0.05) is 24.3 Å². The molecule has 18 heavy (non-hydrogen) atoms. The molecule has 0 fully saturated rings. The van der Waals surface area contributed by atoms with E-state index in [9.17, 15) is 0 Å². The Hall–Kier alpha value is -2.42. The van der Waals surface area contributed by atoms with E-state index >= 15 is 0 Å². The van der Waals surface area contributed by atoms with Crippen molar-refractivity contribution in [1.82, 2.24) is 9.97 Å². The Morgan fingerprint density at radius 3 is 2.67 bits per heavy atom. The number of fused-ring (bicyclic) bond motifs is 1. The molecule has 0 N–H and O–H groups in total. The molecule has 87 valence electrons. The van der Waals surface area contributed by atoms with Crippen molar-refractivity contribution in [3.8, 4) is 17.0 Å². The maximum absolute atomic E-state index is 5.35. The van der Waals surface area contributed by atoms with Crippen LogP contribution in [0.4, 0.5) is 0 Å². The summed E-state index contributed by atoms with van der Waals surface area (Å²) >= 11 is 0. The highest BCUT2D eigenvalue weighted by Gasteiger charge is 2.12. The Morgan fingerprint density at radius 1 is 1.06 bits per heavy atom. The van der Waals surface area contributed by atoms with E-state index in [2.05, 4.69) is 16.2 Å². The van der Waals surface area contributed by atoms with Gasteiger partial charge in [-0.05, 0) is 18.2 Å². The average Bonchev–Trinajstić information content (AvgIpc) is 2.47. The molecule has 0 aliphatic carbocycles. The Morgan fingerprint density at radius 2 is 1.89 bits per heavy atom. The van der Waals surface area contributed by atoms with Gasteiger partial charge in [0.05, 0.1) is 23.9 Å². The van der Waals surface area contributed by atoms with Gasteiger partial charge in [0.1, 0.15) is 6.20 Å². The fourth-order valence-corrected chi connectivity index (χ4v) is 1.98. The zero-order chi connectivity index (χ0) is 12.4. The molecule has 0 unspecified atom stereocenters. The van der Waals surface area contributed by atoms with Crippen LogP contribution in [0.2, 0.25) is 0 Å². The van der Waals surface area contributed by atoms with Crippen LogP contribution in [0.3, 0.4) is 0 Å². The minimum atomic E-state index is 0.618. The first-order valence-corrected chi connectivity index (χ1v) is 5.66. The number of rotatable bonds is 2. The van der Waals surface area contributed by atoms with Crippen molar-refractivity contribution in [2.75, 3.05) is 7.11 Å². The molecule has 0 amide bonds. The number of para-hydroxylation sites is 1. The first-order chi connectivity index (χ1) is 8.90. The smallest absolute Gasteiger partial charge is 0.156 e.